The maximum absolute atomic E-state index is 13.9. The highest BCUT2D eigenvalue weighted by atomic mass is 35.5. The number of hydrogen-bond donors (Lipinski definition) is 2. The Hall–Kier alpha value is -2.89. The number of rotatable bonds is 6. The van der Waals surface area contributed by atoms with Crippen LogP contribution in [0.4, 0.5) is 10.1 Å². The van der Waals surface area contributed by atoms with Gasteiger partial charge in [0.1, 0.15) is 5.82 Å². The first-order valence-electron chi connectivity index (χ1n) is 9.48. The number of benzene rings is 2. The van der Waals surface area contributed by atoms with E-state index in [1.54, 1.807) is 30.5 Å². The summed E-state index contributed by atoms with van der Waals surface area (Å²) in [7, 11) is 0. The number of nitrogens with one attached hydrogen (secondary N) is 2. The van der Waals surface area contributed by atoms with Crippen LogP contribution < -0.4 is 5.32 Å². The van der Waals surface area contributed by atoms with Crippen LogP contribution in [0.3, 0.4) is 0 Å². The molecule has 30 heavy (non-hydrogen) atoms. The lowest BCUT2D eigenvalue weighted by Crippen LogP contribution is -2.12. The van der Waals surface area contributed by atoms with E-state index in [0.717, 1.165) is 27.9 Å². The molecule has 0 saturated heterocycles. The minimum absolute atomic E-state index is 0.162. The summed E-state index contributed by atoms with van der Waals surface area (Å²) in [5.74, 6) is -0.465. The Labute approximate surface area is 183 Å². The van der Waals surface area contributed by atoms with E-state index >= 15 is 0 Å². The van der Waals surface area contributed by atoms with Crippen LogP contribution >= 0.6 is 23.2 Å². The quantitative estimate of drug-likeness (QED) is 0.352. The zero-order valence-electron chi connectivity index (χ0n) is 15.9. The van der Waals surface area contributed by atoms with Crippen LogP contribution in [0.2, 0.25) is 10.0 Å². The van der Waals surface area contributed by atoms with Crippen LogP contribution in [0.15, 0.2) is 60.8 Å². The monoisotopic (exact) mass is 441 g/mol. The van der Waals surface area contributed by atoms with E-state index in [4.69, 9.17) is 23.2 Å². The molecule has 4 nitrogen and oxygen atoms in total. The largest absolute Gasteiger partial charge is 0.353 e. The predicted molar refractivity (Wildman–Crippen MR) is 120 cm³/mol. The number of H-pyrrole nitrogens is 1. The standard InChI is InChI=1S/C23H18Cl2FN3O/c24-17-6-4-8-19(22(17)25)28-21(30)9-3-5-15-16-13-14(26)10-11-18(16)29-23(15)20-7-1-2-12-27-20/h1-2,4,6-8,10-13,29H,3,5,9H2,(H,28,30). The van der Waals surface area contributed by atoms with Crippen LogP contribution in [-0.2, 0) is 11.2 Å². The molecule has 0 bridgehead atoms. The van der Waals surface area contributed by atoms with Crippen molar-refractivity contribution in [1.29, 1.82) is 0 Å². The smallest absolute Gasteiger partial charge is 0.224 e. The number of aryl methyl sites for hydroxylation is 1. The van der Waals surface area contributed by atoms with Crippen LogP contribution in [0.25, 0.3) is 22.3 Å². The summed E-state index contributed by atoms with van der Waals surface area (Å²) in [4.78, 5) is 20.1. The highest BCUT2D eigenvalue weighted by molar-refractivity contribution is 6.43. The van der Waals surface area contributed by atoms with E-state index < -0.39 is 0 Å². The van der Waals surface area contributed by atoms with Gasteiger partial charge in [0, 0.05) is 23.5 Å². The Bertz CT molecular complexity index is 1210. The molecule has 0 saturated carbocycles. The van der Waals surface area contributed by atoms with Gasteiger partial charge in [-0.2, -0.15) is 0 Å². The molecule has 0 radical (unpaired) electrons. The Morgan fingerprint density at radius 1 is 1.10 bits per heavy atom. The Kier molecular flexibility index (Phi) is 6.02. The number of amides is 1. The fraction of sp³-hybridized carbons (Fsp3) is 0.130. The Balaban J connectivity index is 1.53. The molecule has 0 aliphatic rings. The van der Waals surface area contributed by atoms with Crippen LogP contribution in [0.1, 0.15) is 18.4 Å². The van der Waals surface area contributed by atoms with Gasteiger partial charge in [-0.15, -0.1) is 0 Å². The molecular formula is C23H18Cl2FN3O. The topological polar surface area (TPSA) is 57.8 Å². The number of nitrogens with zero attached hydrogens (tertiary/aromatic N) is 1. The number of aromatic nitrogens is 2. The second-order valence-electron chi connectivity index (χ2n) is 6.89. The number of anilines is 1. The number of fused-ring (bicyclic) bond motifs is 1. The van der Waals surface area contributed by atoms with E-state index in [0.29, 0.717) is 28.6 Å². The molecule has 4 rings (SSSR count). The molecule has 2 heterocycles. The minimum Gasteiger partial charge on any atom is -0.353 e. The van der Waals surface area contributed by atoms with Gasteiger partial charge in [0.2, 0.25) is 5.91 Å². The molecule has 2 aromatic heterocycles. The van der Waals surface area contributed by atoms with Crippen molar-refractivity contribution in [2.45, 2.75) is 19.3 Å². The van der Waals surface area contributed by atoms with E-state index in [1.807, 2.05) is 18.2 Å². The third kappa shape index (κ3) is 4.32. The normalized spacial score (nSPS) is 11.0. The van der Waals surface area contributed by atoms with Gasteiger partial charge in [0.25, 0.3) is 0 Å². The number of carbonyl (C=O) groups is 1. The van der Waals surface area contributed by atoms with E-state index in [9.17, 15) is 9.18 Å². The molecule has 0 atom stereocenters. The van der Waals surface area contributed by atoms with Crippen molar-refractivity contribution < 1.29 is 9.18 Å². The number of halogens is 3. The average Bonchev–Trinajstić information content (AvgIpc) is 3.10. The zero-order chi connectivity index (χ0) is 21.1. The maximum Gasteiger partial charge on any atom is 0.224 e. The van der Waals surface area contributed by atoms with E-state index in [-0.39, 0.29) is 18.1 Å². The highest BCUT2D eigenvalue weighted by Gasteiger charge is 2.15. The molecule has 2 N–H and O–H groups in total. The fourth-order valence-electron chi connectivity index (χ4n) is 3.45. The molecule has 0 spiro atoms. The zero-order valence-corrected chi connectivity index (χ0v) is 17.4. The SMILES string of the molecule is O=C(CCCc1c(-c2ccccn2)[nH]c2ccc(F)cc12)Nc1cccc(Cl)c1Cl. The summed E-state index contributed by atoms with van der Waals surface area (Å²) in [5.41, 5.74) is 3.88. The summed E-state index contributed by atoms with van der Waals surface area (Å²) in [6, 6.07) is 15.4. The number of hydrogen-bond acceptors (Lipinski definition) is 2. The molecule has 7 heteroatoms. The van der Waals surface area contributed by atoms with Crippen molar-refractivity contribution >= 4 is 45.7 Å². The number of aromatic amines is 1. The summed E-state index contributed by atoms with van der Waals surface area (Å²) >= 11 is 12.1. The second kappa shape index (κ2) is 8.86. The number of pyridine rings is 1. The van der Waals surface area contributed by atoms with Crippen LogP contribution in [0.5, 0.6) is 0 Å². The fourth-order valence-corrected chi connectivity index (χ4v) is 3.80. The molecule has 0 unspecified atom stereocenters. The van der Waals surface area contributed by atoms with Gasteiger partial charge in [-0.3, -0.25) is 9.78 Å². The third-order valence-corrected chi connectivity index (χ3v) is 5.66. The first-order chi connectivity index (χ1) is 14.5. The summed E-state index contributed by atoms with van der Waals surface area (Å²) < 4.78 is 13.9. The van der Waals surface area contributed by atoms with Crippen molar-refractivity contribution in [3.05, 3.63) is 82.2 Å². The summed E-state index contributed by atoms with van der Waals surface area (Å²) in [6.45, 7) is 0. The highest BCUT2D eigenvalue weighted by Crippen LogP contribution is 2.32. The Morgan fingerprint density at radius 2 is 1.97 bits per heavy atom. The first-order valence-corrected chi connectivity index (χ1v) is 10.2. The minimum atomic E-state index is -0.302. The van der Waals surface area contributed by atoms with Gasteiger partial charge >= 0.3 is 0 Å². The van der Waals surface area contributed by atoms with Crippen molar-refractivity contribution in [2.75, 3.05) is 5.32 Å². The van der Waals surface area contributed by atoms with Crippen molar-refractivity contribution in [2.24, 2.45) is 0 Å². The molecule has 1 amide bonds. The predicted octanol–water partition coefficient (Wildman–Crippen LogP) is 6.64. The lowest BCUT2D eigenvalue weighted by Gasteiger charge is -2.09. The summed E-state index contributed by atoms with van der Waals surface area (Å²) in [5, 5.41) is 4.29. The van der Waals surface area contributed by atoms with Crippen LogP contribution in [0, 0.1) is 5.82 Å². The molecule has 0 aliphatic carbocycles. The van der Waals surface area contributed by atoms with Gasteiger partial charge in [-0.1, -0.05) is 35.3 Å². The van der Waals surface area contributed by atoms with Crippen LogP contribution in [-0.4, -0.2) is 15.9 Å². The van der Waals surface area contributed by atoms with Gasteiger partial charge in [-0.05, 0) is 60.9 Å². The van der Waals surface area contributed by atoms with Crippen molar-refractivity contribution in [3.8, 4) is 11.4 Å². The molecule has 0 aliphatic heterocycles. The van der Waals surface area contributed by atoms with Gasteiger partial charge < -0.3 is 10.3 Å². The molecule has 2 aromatic carbocycles. The van der Waals surface area contributed by atoms with Crippen molar-refractivity contribution in [3.63, 3.8) is 0 Å². The third-order valence-electron chi connectivity index (χ3n) is 4.85. The van der Waals surface area contributed by atoms with Gasteiger partial charge in [-0.25, -0.2) is 4.39 Å². The first kappa shape index (κ1) is 20.4. The van der Waals surface area contributed by atoms with Gasteiger partial charge in [0.15, 0.2) is 0 Å². The van der Waals surface area contributed by atoms with E-state index in [2.05, 4.69) is 15.3 Å². The van der Waals surface area contributed by atoms with Crippen molar-refractivity contribution in [1.82, 2.24) is 9.97 Å². The molecule has 152 valence electrons. The summed E-state index contributed by atoms with van der Waals surface area (Å²) in [6.07, 6.45) is 3.17. The lowest BCUT2D eigenvalue weighted by molar-refractivity contribution is -0.116. The van der Waals surface area contributed by atoms with E-state index in [1.165, 1.54) is 12.1 Å². The lowest BCUT2D eigenvalue weighted by atomic mass is 10.0. The Morgan fingerprint density at radius 3 is 2.77 bits per heavy atom. The second-order valence-corrected chi connectivity index (χ2v) is 7.67. The number of carbonyl (C=O) groups excluding carboxylic acids is 1. The molecular weight excluding hydrogens is 424 g/mol. The average molecular weight is 442 g/mol. The van der Waals surface area contributed by atoms with Gasteiger partial charge in [0.05, 0.1) is 27.1 Å². The molecule has 0 fully saturated rings. The maximum atomic E-state index is 13.9. The molecule has 4 aromatic rings.